The zero-order valence-corrected chi connectivity index (χ0v) is 16.7. The standard InChI is InChI=1S/C22H28N2OS/c1-4-25-20-11-8-18(9-12-20)22(13-5-6-14-22)24-21(26)23-19-10-7-16(2)17(3)15-19/h7-12,15H,4-6,13-14H2,1-3H3,(H2,23,24,26). The van der Waals surface area contributed by atoms with E-state index in [4.69, 9.17) is 17.0 Å². The molecule has 3 nitrogen and oxygen atoms in total. The molecule has 0 aromatic heterocycles. The molecule has 2 aromatic carbocycles. The summed E-state index contributed by atoms with van der Waals surface area (Å²) in [4.78, 5) is 0. The molecule has 0 radical (unpaired) electrons. The molecule has 0 aliphatic heterocycles. The van der Waals surface area contributed by atoms with Crippen LogP contribution in [0.2, 0.25) is 0 Å². The molecule has 0 amide bonds. The molecular formula is C22H28N2OS. The zero-order chi connectivity index (χ0) is 18.6. The van der Waals surface area contributed by atoms with E-state index in [0.717, 1.165) is 24.3 Å². The lowest BCUT2D eigenvalue weighted by Gasteiger charge is -2.32. The Morgan fingerprint density at radius 2 is 1.73 bits per heavy atom. The van der Waals surface area contributed by atoms with Crippen molar-refractivity contribution in [2.24, 2.45) is 0 Å². The van der Waals surface area contributed by atoms with Gasteiger partial charge in [0.15, 0.2) is 5.11 Å². The number of thiocarbonyl (C=S) groups is 1. The highest BCUT2D eigenvalue weighted by molar-refractivity contribution is 7.80. The fourth-order valence-corrected chi connectivity index (χ4v) is 4.01. The van der Waals surface area contributed by atoms with Crippen molar-refractivity contribution in [3.63, 3.8) is 0 Å². The predicted octanol–water partition coefficient (Wildman–Crippen LogP) is 5.46. The van der Waals surface area contributed by atoms with Crippen molar-refractivity contribution in [3.05, 3.63) is 59.2 Å². The number of hydrogen-bond acceptors (Lipinski definition) is 2. The number of benzene rings is 2. The van der Waals surface area contributed by atoms with E-state index < -0.39 is 0 Å². The van der Waals surface area contributed by atoms with Crippen molar-refractivity contribution in [2.75, 3.05) is 11.9 Å². The first-order valence-corrected chi connectivity index (χ1v) is 9.83. The molecule has 0 atom stereocenters. The summed E-state index contributed by atoms with van der Waals surface area (Å²) < 4.78 is 5.58. The molecule has 0 spiro atoms. The Hall–Kier alpha value is -2.07. The van der Waals surface area contributed by atoms with E-state index in [0.29, 0.717) is 11.7 Å². The average Bonchev–Trinajstić information content (AvgIpc) is 3.08. The molecule has 0 saturated heterocycles. The summed E-state index contributed by atoms with van der Waals surface area (Å²) >= 11 is 5.64. The van der Waals surface area contributed by atoms with Gasteiger partial charge in [-0.05, 0) is 86.8 Å². The van der Waals surface area contributed by atoms with Crippen molar-refractivity contribution in [1.82, 2.24) is 5.32 Å². The average molecular weight is 369 g/mol. The molecule has 4 heteroatoms. The predicted molar refractivity (Wildman–Crippen MR) is 113 cm³/mol. The van der Waals surface area contributed by atoms with Gasteiger partial charge in [-0.2, -0.15) is 0 Å². The highest BCUT2D eigenvalue weighted by Gasteiger charge is 2.36. The van der Waals surface area contributed by atoms with Crippen LogP contribution in [0.1, 0.15) is 49.3 Å². The lowest BCUT2D eigenvalue weighted by Crippen LogP contribution is -2.45. The molecule has 0 bridgehead atoms. The molecule has 0 heterocycles. The summed E-state index contributed by atoms with van der Waals surface area (Å²) in [7, 11) is 0. The van der Waals surface area contributed by atoms with Gasteiger partial charge in [-0.3, -0.25) is 0 Å². The first kappa shape index (κ1) is 18.7. The monoisotopic (exact) mass is 368 g/mol. The van der Waals surface area contributed by atoms with Crippen molar-refractivity contribution in [3.8, 4) is 5.75 Å². The fourth-order valence-electron chi connectivity index (χ4n) is 3.70. The second-order valence-electron chi connectivity index (χ2n) is 7.12. The van der Waals surface area contributed by atoms with Crippen LogP contribution in [0.4, 0.5) is 5.69 Å². The topological polar surface area (TPSA) is 33.3 Å². The highest BCUT2D eigenvalue weighted by atomic mass is 32.1. The zero-order valence-electron chi connectivity index (χ0n) is 15.9. The van der Waals surface area contributed by atoms with Gasteiger partial charge >= 0.3 is 0 Å². The molecule has 26 heavy (non-hydrogen) atoms. The Balaban J connectivity index is 1.74. The van der Waals surface area contributed by atoms with Crippen molar-refractivity contribution in [1.29, 1.82) is 0 Å². The van der Waals surface area contributed by atoms with E-state index in [2.05, 4.69) is 66.9 Å². The van der Waals surface area contributed by atoms with Crippen LogP contribution in [0.3, 0.4) is 0 Å². The van der Waals surface area contributed by atoms with E-state index in [1.807, 2.05) is 6.92 Å². The van der Waals surface area contributed by atoms with E-state index in [9.17, 15) is 0 Å². The normalized spacial score (nSPS) is 15.5. The van der Waals surface area contributed by atoms with Crippen LogP contribution in [0, 0.1) is 13.8 Å². The maximum Gasteiger partial charge on any atom is 0.171 e. The Morgan fingerprint density at radius 3 is 2.35 bits per heavy atom. The van der Waals surface area contributed by atoms with Gasteiger partial charge in [-0.1, -0.05) is 31.0 Å². The molecule has 1 aliphatic rings. The maximum atomic E-state index is 5.64. The van der Waals surface area contributed by atoms with E-state index in [1.54, 1.807) is 0 Å². The van der Waals surface area contributed by atoms with E-state index in [1.165, 1.54) is 29.5 Å². The van der Waals surface area contributed by atoms with Gasteiger partial charge in [0.05, 0.1) is 12.1 Å². The maximum absolute atomic E-state index is 5.64. The molecule has 2 aromatic rings. The lowest BCUT2D eigenvalue weighted by molar-refractivity contribution is 0.339. The second kappa shape index (κ2) is 8.09. The number of hydrogen-bond donors (Lipinski definition) is 2. The van der Waals surface area contributed by atoms with Crippen LogP contribution in [-0.4, -0.2) is 11.7 Å². The van der Waals surface area contributed by atoms with Crippen molar-refractivity contribution < 1.29 is 4.74 Å². The first-order valence-electron chi connectivity index (χ1n) is 9.42. The minimum absolute atomic E-state index is 0.0887. The quantitative estimate of drug-likeness (QED) is 0.687. The summed E-state index contributed by atoms with van der Waals surface area (Å²) in [5.74, 6) is 0.917. The lowest BCUT2D eigenvalue weighted by atomic mass is 9.88. The molecule has 1 aliphatic carbocycles. The van der Waals surface area contributed by atoms with Gasteiger partial charge in [0.1, 0.15) is 5.75 Å². The second-order valence-corrected chi connectivity index (χ2v) is 7.53. The van der Waals surface area contributed by atoms with Gasteiger partial charge in [-0.15, -0.1) is 0 Å². The van der Waals surface area contributed by atoms with Crippen LogP contribution >= 0.6 is 12.2 Å². The molecule has 0 unspecified atom stereocenters. The molecule has 138 valence electrons. The van der Waals surface area contributed by atoms with Crippen molar-refractivity contribution in [2.45, 2.75) is 52.0 Å². The number of aryl methyl sites for hydroxylation is 2. The third kappa shape index (κ3) is 4.18. The third-order valence-corrected chi connectivity index (χ3v) is 5.50. The van der Waals surface area contributed by atoms with Crippen LogP contribution in [0.25, 0.3) is 0 Å². The molecule has 2 N–H and O–H groups in total. The van der Waals surface area contributed by atoms with Crippen LogP contribution < -0.4 is 15.4 Å². The number of rotatable bonds is 5. The Kier molecular flexibility index (Phi) is 5.82. The first-order chi connectivity index (χ1) is 12.5. The largest absolute Gasteiger partial charge is 0.494 e. The van der Waals surface area contributed by atoms with E-state index in [-0.39, 0.29) is 5.54 Å². The SMILES string of the molecule is CCOc1ccc(C2(NC(=S)Nc3ccc(C)c(C)c3)CCCC2)cc1. The third-order valence-electron chi connectivity index (χ3n) is 5.29. The Labute approximate surface area is 162 Å². The smallest absolute Gasteiger partial charge is 0.171 e. The van der Waals surface area contributed by atoms with Gasteiger partial charge in [0.2, 0.25) is 0 Å². The summed E-state index contributed by atoms with van der Waals surface area (Å²) in [5, 5.41) is 7.67. The number of anilines is 1. The number of nitrogens with one attached hydrogen (secondary N) is 2. The molecular weight excluding hydrogens is 340 g/mol. The van der Waals surface area contributed by atoms with Crippen molar-refractivity contribution >= 4 is 23.0 Å². The van der Waals surface area contributed by atoms with Gasteiger partial charge in [0.25, 0.3) is 0 Å². The summed E-state index contributed by atoms with van der Waals surface area (Å²) in [5.41, 5.74) is 4.78. The van der Waals surface area contributed by atoms with E-state index >= 15 is 0 Å². The molecule has 3 rings (SSSR count). The van der Waals surface area contributed by atoms with Gasteiger partial charge < -0.3 is 15.4 Å². The van der Waals surface area contributed by atoms with Crippen LogP contribution in [0.15, 0.2) is 42.5 Å². The number of ether oxygens (including phenoxy) is 1. The Bertz CT molecular complexity index is 764. The fraction of sp³-hybridized carbons (Fsp3) is 0.409. The Morgan fingerprint density at radius 1 is 1.04 bits per heavy atom. The van der Waals surface area contributed by atoms with Gasteiger partial charge in [-0.25, -0.2) is 0 Å². The van der Waals surface area contributed by atoms with Crippen LogP contribution in [-0.2, 0) is 5.54 Å². The molecule has 1 saturated carbocycles. The molecule has 1 fully saturated rings. The summed E-state index contributed by atoms with van der Waals surface area (Å²) in [6.45, 7) is 6.93. The van der Waals surface area contributed by atoms with Gasteiger partial charge in [0, 0.05) is 5.69 Å². The highest BCUT2D eigenvalue weighted by Crippen LogP contribution is 2.39. The minimum atomic E-state index is -0.0887. The minimum Gasteiger partial charge on any atom is -0.494 e. The van der Waals surface area contributed by atoms with Crippen LogP contribution in [0.5, 0.6) is 5.75 Å². The summed E-state index contributed by atoms with van der Waals surface area (Å²) in [6.07, 6.45) is 4.62. The summed E-state index contributed by atoms with van der Waals surface area (Å²) in [6, 6.07) is 14.8.